The summed E-state index contributed by atoms with van der Waals surface area (Å²) < 4.78 is 29.1. The van der Waals surface area contributed by atoms with E-state index in [-0.39, 0.29) is 6.79 Å². The lowest BCUT2D eigenvalue weighted by molar-refractivity contribution is -0.155. The van der Waals surface area contributed by atoms with Gasteiger partial charge in [-0.3, -0.25) is 4.79 Å². The molecule has 176 valence electrons. The maximum atomic E-state index is 13.0. The number of methoxy groups -OCH3 is 1. The molecule has 1 aliphatic rings. The van der Waals surface area contributed by atoms with E-state index in [1.54, 1.807) is 7.11 Å². The number of carbonyl (C=O) groups excluding carboxylic acids is 1. The van der Waals surface area contributed by atoms with Gasteiger partial charge in [-0.2, -0.15) is 0 Å². The molecule has 7 heteroatoms. The number of rotatable bonds is 6. The first-order valence-electron chi connectivity index (χ1n) is 11.0. The monoisotopic (exact) mass is 452 g/mol. The predicted molar refractivity (Wildman–Crippen MR) is 130 cm³/mol. The van der Waals surface area contributed by atoms with Crippen molar-refractivity contribution in [2.45, 2.75) is 71.2 Å². The van der Waals surface area contributed by atoms with Crippen molar-refractivity contribution in [1.82, 2.24) is 0 Å². The largest absolute Gasteiger partial charge is 0.495 e. The van der Waals surface area contributed by atoms with E-state index in [1.807, 2.05) is 78.8 Å². The van der Waals surface area contributed by atoms with Crippen LogP contribution in [-0.4, -0.2) is 43.8 Å². The Morgan fingerprint density at radius 3 is 2.33 bits per heavy atom. The highest BCUT2D eigenvalue weighted by Crippen LogP contribution is 2.38. The number of esters is 1. The second kappa shape index (κ2) is 9.02. The number of hydrogen-bond donors (Lipinski definition) is 0. The molecule has 1 aliphatic heterocycles. The molecule has 33 heavy (non-hydrogen) atoms. The molecule has 1 fully saturated rings. The third kappa shape index (κ3) is 5.19. The quantitative estimate of drug-likeness (QED) is 0.284. The average molecular weight is 452 g/mol. The first-order valence-corrected chi connectivity index (χ1v) is 11.0. The van der Waals surface area contributed by atoms with Crippen LogP contribution in [0.1, 0.15) is 59.9 Å². The molecule has 0 amide bonds. The Kier molecular flexibility index (Phi) is 6.86. The van der Waals surface area contributed by atoms with Gasteiger partial charge in [-0.05, 0) is 82.4 Å². The van der Waals surface area contributed by atoms with Gasteiger partial charge in [-0.1, -0.05) is 24.1 Å². The molecule has 0 spiro atoms. The van der Waals surface area contributed by atoms with Gasteiger partial charge in [0.05, 0.1) is 11.2 Å². The fraction of sp³-hybridized carbons (Fsp3) is 0.500. The van der Waals surface area contributed by atoms with Crippen LogP contribution in [0.15, 0.2) is 30.3 Å². The summed E-state index contributed by atoms with van der Waals surface area (Å²) >= 11 is 0. The van der Waals surface area contributed by atoms with E-state index in [2.05, 4.69) is 5.92 Å². The highest BCUT2D eigenvalue weighted by molar-refractivity contribution is 6.65. The van der Waals surface area contributed by atoms with Crippen LogP contribution in [0.3, 0.4) is 0 Å². The molecule has 2 aromatic rings. The molecule has 0 N–H and O–H groups in total. The topological polar surface area (TPSA) is 63.2 Å². The maximum absolute atomic E-state index is 13.0. The molecule has 1 atom stereocenters. The first-order chi connectivity index (χ1) is 15.3. The maximum Gasteiger partial charge on any atom is 0.495 e. The van der Waals surface area contributed by atoms with Gasteiger partial charge in [-0.25, -0.2) is 0 Å². The Labute approximate surface area is 197 Å². The van der Waals surface area contributed by atoms with Crippen LogP contribution in [0.2, 0.25) is 0 Å². The van der Waals surface area contributed by atoms with Gasteiger partial charge < -0.3 is 23.5 Å². The molecular weight excluding hydrogens is 419 g/mol. The van der Waals surface area contributed by atoms with Crippen molar-refractivity contribution in [3.63, 3.8) is 0 Å². The lowest BCUT2D eigenvalue weighted by Crippen LogP contribution is -2.41. The van der Waals surface area contributed by atoms with Crippen molar-refractivity contribution >= 4 is 29.3 Å². The zero-order valence-electron chi connectivity index (χ0n) is 20.8. The van der Waals surface area contributed by atoms with Gasteiger partial charge in [0.1, 0.15) is 17.3 Å². The number of carbonyl (C=O) groups is 1. The SMILES string of the molecule is C#CC(C(=O)OC(C)(C)C)c1cccc2cc(OCOC)cc(B3OC(C)(C)C(C)(C)O3)c12. The highest BCUT2D eigenvalue weighted by Gasteiger charge is 2.52. The smallest absolute Gasteiger partial charge is 0.468 e. The second-order valence-electron chi connectivity index (χ2n) is 10.2. The lowest BCUT2D eigenvalue weighted by atomic mass is 9.73. The zero-order chi connectivity index (χ0) is 24.6. The summed E-state index contributed by atoms with van der Waals surface area (Å²) in [6.45, 7) is 13.5. The standard InChI is InChI=1S/C26H33BO6/c1-10-19(23(28)31-24(2,3)4)20-13-11-12-17-14-18(30-16-29-9)15-21(22(17)20)27-32-25(5,6)26(7,8)33-27/h1,11-15,19H,16H2,2-9H3. The van der Waals surface area contributed by atoms with Gasteiger partial charge in [0, 0.05) is 7.11 Å². The fourth-order valence-corrected chi connectivity index (χ4v) is 3.72. The summed E-state index contributed by atoms with van der Waals surface area (Å²) in [7, 11) is 0.883. The van der Waals surface area contributed by atoms with Gasteiger partial charge in [0.2, 0.25) is 0 Å². The molecule has 0 aliphatic carbocycles. The molecule has 0 saturated carbocycles. The minimum atomic E-state index is -0.889. The van der Waals surface area contributed by atoms with E-state index in [0.29, 0.717) is 11.3 Å². The molecule has 1 unspecified atom stereocenters. The molecular formula is C26H33BO6. The summed E-state index contributed by atoms with van der Waals surface area (Å²) in [5.74, 6) is 1.86. The van der Waals surface area contributed by atoms with Crippen molar-refractivity contribution in [1.29, 1.82) is 0 Å². The Hall–Kier alpha value is -2.53. The van der Waals surface area contributed by atoms with E-state index in [0.717, 1.165) is 16.2 Å². The van der Waals surface area contributed by atoms with E-state index in [4.69, 9.17) is 29.9 Å². The number of benzene rings is 2. The Bertz CT molecular complexity index is 1060. The molecule has 0 radical (unpaired) electrons. The van der Waals surface area contributed by atoms with Crippen molar-refractivity contribution in [3.8, 4) is 18.1 Å². The van der Waals surface area contributed by atoms with Gasteiger partial charge in [-0.15, -0.1) is 6.42 Å². The number of hydrogen-bond acceptors (Lipinski definition) is 6. The normalized spacial score (nSPS) is 18.1. The minimum Gasteiger partial charge on any atom is -0.468 e. The van der Waals surface area contributed by atoms with E-state index < -0.39 is 35.8 Å². The van der Waals surface area contributed by atoms with Crippen LogP contribution in [0.4, 0.5) is 0 Å². The van der Waals surface area contributed by atoms with Gasteiger partial charge >= 0.3 is 13.1 Å². The molecule has 1 heterocycles. The average Bonchev–Trinajstić information content (AvgIpc) is 2.92. The number of fused-ring (bicyclic) bond motifs is 1. The summed E-state index contributed by atoms with van der Waals surface area (Å²) in [5.41, 5.74) is -0.353. The number of terminal acetylenes is 1. The van der Waals surface area contributed by atoms with Crippen LogP contribution in [-0.2, 0) is 23.6 Å². The van der Waals surface area contributed by atoms with Crippen LogP contribution in [0, 0.1) is 12.3 Å². The number of ether oxygens (including phenoxy) is 3. The summed E-state index contributed by atoms with van der Waals surface area (Å²) in [4.78, 5) is 13.0. The van der Waals surface area contributed by atoms with Crippen molar-refractivity contribution in [2.24, 2.45) is 0 Å². The Morgan fingerprint density at radius 1 is 1.15 bits per heavy atom. The van der Waals surface area contributed by atoms with Gasteiger partial charge in [0.15, 0.2) is 6.79 Å². The molecule has 2 aromatic carbocycles. The minimum absolute atomic E-state index is 0.0961. The Morgan fingerprint density at radius 2 is 1.79 bits per heavy atom. The highest BCUT2D eigenvalue weighted by atomic mass is 16.7. The molecule has 0 bridgehead atoms. The van der Waals surface area contributed by atoms with Crippen LogP contribution < -0.4 is 10.2 Å². The third-order valence-corrected chi connectivity index (χ3v) is 5.98. The van der Waals surface area contributed by atoms with Gasteiger partial charge in [0.25, 0.3) is 0 Å². The van der Waals surface area contributed by atoms with Crippen molar-refractivity contribution < 1.29 is 28.3 Å². The van der Waals surface area contributed by atoms with Crippen LogP contribution in [0.5, 0.6) is 5.75 Å². The lowest BCUT2D eigenvalue weighted by Gasteiger charge is -2.32. The molecule has 3 rings (SSSR count). The van der Waals surface area contributed by atoms with Crippen molar-refractivity contribution in [2.75, 3.05) is 13.9 Å². The molecule has 6 nitrogen and oxygen atoms in total. The van der Waals surface area contributed by atoms with E-state index in [9.17, 15) is 4.79 Å². The summed E-state index contributed by atoms with van der Waals surface area (Å²) in [6.07, 6.45) is 5.85. The van der Waals surface area contributed by atoms with Crippen LogP contribution >= 0.6 is 0 Å². The zero-order valence-corrected chi connectivity index (χ0v) is 20.8. The predicted octanol–water partition coefficient (Wildman–Crippen LogP) is 4.18. The first kappa shape index (κ1) is 25.1. The summed E-state index contributed by atoms with van der Waals surface area (Å²) in [6, 6.07) is 9.39. The van der Waals surface area contributed by atoms with Crippen molar-refractivity contribution in [3.05, 3.63) is 35.9 Å². The Balaban J connectivity index is 2.21. The molecule has 1 saturated heterocycles. The van der Waals surface area contributed by atoms with E-state index in [1.165, 1.54) is 0 Å². The fourth-order valence-electron chi connectivity index (χ4n) is 3.72. The molecule has 0 aromatic heterocycles. The van der Waals surface area contributed by atoms with E-state index >= 15 is 0 Å². The summed E-state index contributed by atoms with van der Waals surface area (Å²) in [5, 5.41) is 1.63. The van der Waals surface area contributed by atoms with Crippen LogP contribution in [0.25, 0.3) is 10.8 Å². The second-order valence-corrected chi connectivity index (χ2v) is 10.2. The third-order valence-electron chi connectivity index (χ3n) is 5.98.